The van der Waals surface area contributed by atoms with Crippen molar-refractivity contribution in [2.45, 2.75) is 18.3 Å². The molecule has 2 aliphatic heterocycles. The van der Waals surface area contributed by atoms with Crippen LogP contribution in [0.3, 0.4) is 0 Å². The summed E-state index contributed by atoms with van der Waals surface area (Å²) >= 11 is 2.33. The number of nitrogens with two attached hydrogens (primary N) is 1. The highest BCUT2D eigenvalue weighted by Gasteiger charge is 2.54. The molecule has 1 fully saturated rings. The Morgan fingerprint density at radius 1 is 1.38 bits per heavy atom. The van der Waals surface area contributed by atoms with Crippen molar-refractivity contribution < 1.29 is 38.7 Å². The summed E-state index contributed by atoms with van der Waals surface area (Å²) < 4.78 is 4.97. The molecule has 0 aromatic carbocycles. The van der Waals surface area contributed by atoms with Crippen molar-refractivity contribution in [1.29, 1.82) is 0 Å². The van der Waals surface area contributed by atoms with Crippen LogP contribution >= 0.6 is 23.1 Å². The summed E-state index contributed by atoms with van der Waals surface area (Å²) in [7, 11) is 1.24. The Bertz CT molecular complexity index is 1100. The number of nitrogen functional groups attached to an aromatic ring is 1. The van der Waals surface area contributed by atoms with Gasteiger partial charge in [-0.1, -0.05) is 5.16 Å². The number of thioether (sulfide) groups is 1. The van der Waals surface area contributed by atoms with Crippen molar-refractivity contribution in [2.24, 2.45) is 5.16 Å². The van der Waals surface area contributed by atoms with E-state index in [9.17, 15) is 24.0 Å². The third-order valence-electron chi connectivity index (χ3n) is 4.56. The number of ether oxygens (including phenoxy) is 1. The Kier molecular flexibility index (Phi) is 7.72. The first-order chi connectivity index (χ1) is 16.1. The Balaban J connectivity index is 1.80. The fourth-order valence-corrected chi connectivity index (χ4v) is 5.02. The molecule has 2 atom stereocenters. The minimum absolute atomic E-state index is 0.111. The van der Waals surface area contributed by atoms with Crippen LogP contribution in [-0.2, 0) is 33.5 Å². The number of nitrogens with zero attached hydrogens (tertiary/aromatic N) is 3. The average molecular weight is 513 g/mol. The van der Waals surface area contributed by atoms with Gasteiger partial charge in [0.05, 0.1) is 0 Å². The average Bonchev–Trinajstić information content (AvgIpc) is 3.22. The number of oxime groups is 1. The van der Waals surface area contributed by atoms with E-state index >= 15 is 0 Å². The van der Waals surface area contributed by atoms with Gasteiger partial charge in [-0.2, -0.15) is 0 Å². The zero-order valence-electron chi connectivity index (χ0n) is 17.9. The molecule has 0 bridgehead atoms. The number of hydrogen-bond acceptors (Lipinski definition) is 12. The standard InChI is InChI=1S/C18H20N6O8S2/c1-7(25)32-4-8-5-33-17-12(16(30)24(17)13(8)15(29)20-3-10(26)27)22-14(28)11(23-31-2)9-6-34-18(19)21-9/h6,12,17H,3-5H2,1-2H3,(H2,19,21)(H,20,29)(H,22,28)(H,26,27)/b23-11-/t12-,17-/m1/s1. The highest BCUT2D eigenvalue weighted by Crippen LogP contribution is 2.40. The maximum atomic E-state index is 12.9. The summed E-state index contributed by atoms with van der Waals surface area (Å²) in [5, 5.41) is 18.3. The van der Waals surface area contributed by atoms with Gasteiger partial charge in [-0.05, 0) is 0 Å². The number of carboxylic acids is 1. The number of carboxylic acid groups (broad SMARTS) is 1. The molecule has 0 saturated carbocycles. The van der Waals surface area contributed by atoms with Crippen molar-refractivity contribution in [2.75, 3.05) is 31.7 Å². The van der Waals surface area contributed by atoms with E-state index in [1.807, 2.05) is 0 Å². The van der Waals surface area contributed by atoms with Crippen LogP contribution in [0.5, 0.6) is 0 Å². The molecule has 1 aromatic heterocycles. The fraction of sp³-hybridized carbons (Fsp3) is 0.389. The van der Waals surface area contributed by atoms with Gasteiger partial charge in [0.2, 0.25) is 0 Å². The number of amides is 3. The van der Waals surface area contributed by atoms with E-state index in [1.165, 1.54) is 31.2 Å². The second-order valence-electron chi connectivity index (χ2n) is 6.86. The van der Waals surface area contributed by atoms with Crippen LogP contribution in [0.25, 0.3) is 0 Å². The molecule has 14 nitrogen and oxygen atoms in total. The lowest BCUT2D eigenvalue weighted by Gasteiger charge is -2.49. The lowest BCUT2D eigenvalue weighted by atomic mass is 10.0. The van der Waals surface area contributed by atoms with Crippen LogP contribution in [0.15, 0.2) is 21.8 Å². The van der Waals surface area contributed by atoms with E-state index in [-0.39, 0.29) is 34.6 Å². The summed E-state index contributed by atoms with van der Waals surface area (Å²) in [5.74, 6) is -3.82. The first kappa shape index (κ1) is 25.0. The van der Waals surface area contributed by atoms with Crippen molar-refractivity contribution in [1.82, 2.24) is 20.5 Å². The Morgan fingerprint density at radius 3 is 2.71 bits per heavy atom. The Morgan fingerprint density at radius 2 is 2.12 bits per heavy atom. The largest absolute Gasteiger partial charge is 0.480 e. The summed E-state index contributed by atoms with van der Waals surface area (Å²) in [6, 6.07) is -1.01. The van der Waals surface area contributed by atoms with Gasteiger partial charge in [0.25, 0.3) is 17.7 Å². The number of rotatable bonds is 9. The van der Waals surface area contributed by atoms with Crippen LogP contribution < -0.4 is 16.4 Å². The van der Waals surface area contributed by atoms with E-state index in [0.29, 0.717) is 5.57 Å². The predicted molar refractivity (Wildman–Crippen MR) is 119 cm³/mol. The van der Waals surface area contributed by atoms with E-state index in [0.717, 1.165) is 16.2 Å². The maximum absolute atomic E-state index is 12.9. The highest BCUT2D eigenvalue weighted by molar-refractivity contribution is 8.00. The van der Waals surface area contributed by atoms with Crippen LogP contribution in [0, 0.1) is 0 Å². The monoisotopic (exact) mass is 512 g/mol. The Labute approximate surface area is 200 Å². The lowest BCUT2D eigenvalue weighted by Crippen LogP contribution is -2.71. The number of nitrogens with one attached hydrogen (secondary N) is 2. The second-order valence-corrected chi connectivity index (χ2v) is 8.86. The molecule has 3 heterocycles. The summed E-state index contributed by atoms with van der Waals surface area (Å²) in [6.07, 6.45) is 0. The lowest BCUT2D eigenvalue weighted by molar-refractivity contribution is -0.147. The smallest absolute Gasteiger partial charge is 0.322 e. The maximum Gasteiger partial charge on any atom is 0.322 e. The minimum Gasteiger partial charge on any atom is -0.480 e. The molecule has 1 saturated heterocycles. The zero-order valence-corrected chi connectivity index (χ0v) is 19.5. The quantitative estimate of drug-likeness (QED) is 0.130. The number of esters is 1. The molecule has 0 aliphatic carbocycles. The summed E-state index contributed by atoms with van der Waals surface area (Å²) in [6.45, 7) is 0.275. The number of aliphatic carboxylic acids is 1. The molecule has 34 heavy (non-hydrogen) atoms. The van der Waals surface area contributed by atoms with Crippen LogP contribution in [0.4, 0.5) is 5.13 Å². The molecule has 3 rings (SSSR count). The van der Waals surface area contributed by atoms with Gasteiger partial charge in [-0.15, -0.1) is 23.1 Å². The molecule has 1 aromatic rings. The number of carbonyl (C=O) groups is 5. The molecular formula is C18H20N6O8S2. The number of thiazole rings is 1. The number of carbonyl (C=O) groups excluding carboxylic acids is 4. The first-order valence-corrected chi connectivity index (χ1v) is 11.5. The van der Waals surface area contributed by atoms with Crippen LogP contribution in [0.2, 0.25) is 0 Å². The van der Waals surface area contributed by atoms with E-state index in [1.54, 1.807) is 0 Å². The number of aromatic nitrogens is 1. The fourth-order valence-electron chi connectivity index (χ4n) is 3.14. The van der Waals surface area contributed by atoms with Gasteiger partial charge < -0.3 is 31.0 Å². The van der Waals surface area contributed by atoms with Gasteiger partial charge in [0, 0.05) is 23.6 Å². The SMILES string of the molecule is CO/N=C(\C(=O)N[C@@H]1C(=O)N2C(C(=O)NCC(=O)O)=C(COC(C)=O)CS[C@H]12)c1csc(N)n1. The molecule has 5 N–H and O–H groups in total. The summed E-state index contributed by atoms with van der Waals surface area (Å²) in [4.78, 5) is 70.4. The highest BCUT2D eigenvalue weighted by atomic mass is 32.2. The number of anilines is 1. The predicted octanol–water partition coefficient (Wildman–Crippen LogP) is -1.51. The third-order valence-corrected chi connectivity index (χ3v) is 6.57. The van der Waals surface area contributed by atoms with E-state index in [4.69, 9.17) is 20.4 Å². The Hall–Kier alpha value is -3.66. The van der Waals surface area contributed by atoms with Gasteiger partial charge in [-0.25, -0.2) is 4.98 Å². The van der Waals surface area contributed by atoms with E-state index < -0.39 is 47.6 Å². The topological polar surface area (TPSA) is 203 Å². The third kappa shape index (κ3) is 5.28. The molecule has 0 unspecified atom stereocenters. The van der Waals surface area contributed by atoms with Crippen LogP contribution in [0.1, 0.15) is 12.6 Å². The van der Waals surface area contributed by atoms with E-state index in [2.05, 4.69) is 20.8 Å². The van der Waals surface area contributed by atoms with Crippen LogP contribution in [-0.4, -0.2) is 87.8 Å². The second kappa shape index (κ2) is 10.5. The molecule has 0 radical (unpaired) electrons. The number of β-lactam (4-membered cyclic amide) rings is 1. The molecule has 0 spiro atoms. The molecule has 2 aliphatic rings. The number of fused-ring (bicyclic) bond motifs is 1. The van der Waals surface area contributed by atoms with Gasteiger partial charge in [-0.3, -0.25) is 28.9 Å². The molecule has 3 amide bonds. The minimum atomic E-state index is -1.27. The zero-order chi connectivity index (χ0) is 25.0. The molecular weight excluding hydrogens is 492 g/mol. The summed E-state index contributed by atoms with van der Waals surface area (Å²) in [5.41, 5.74) is 5.81. The van der Waals surface area contributed by atoms with Crippen molar-refractivity contribution in [3.8, 4) is 0 Å². The van der Waals surface area contributed by atoms with Gasteiger partial charge >= 0.3 is 11.9 Å². The van der Waals surface area contributed by atoms with Gasteiger partial charge in [0.15, 0.2) is 10.8 Å². The molecule has 182 valence electrons. The molecule has 16 heteroatoms. The number of hydrogen-bond donors (Lipinski definition) is 4. The van der Waals surface area contributed by atoms with Gasteiger partial charge in [0.1, 0.15) is 43.1 Å². The normalized spacial score (nSPS) is 19.6. The van der Waals surface area contributed by atoms with Crippen molar-refractivity contribution in [3.05, 3.63) is 22.3 Å². The first-order valence-electron chi connectivity index (χ1n) is 9.57. The van der Waals surface area contributed by atoms with Crippen molar-refractivity contribution >= 4 is 63.6 Å². The van der Waals surface area contributed by atoms with Crippen molar-refractivity contribution in [3.63, 3.8) is 0 Å².